The number of nitrogens with zero attached hydrogens (tertiary/aromatic N) is 5. The lowest BCUT2D eigenvalue weighted by atomic mass is 9.94. The topological polar surface area (TPSA) is 110 Å². The van der Waals surface area contributed by atoms with Crippen molar-refractivity contribution in [1.82, 2.24) is 15.1 Å². The van der Waals surface area contributed by atoms with Gasteiger partial charge in [0.1, 0.15) is 17.9 Å². The number of hydrogen-bond donors (Lipinski definition) is 1. The zero-order valence-electron chi connectivity index (χ0n) is 15.7. The van der Waals surface area contributed by atoms with Gasteiger partial charge in [0.15, 0.2) is 0 Å². The zero-order valence-corrected chi connectivity index (χ0v) is 15.7. The van der Waals surface area contributed by atoms with E-state index in [-0.39, 0.29) is 28.9 Å². The average Bonchev–Trinajstić information content (AvgIpc) is 3.16. The van der Waals surface area contributed by atoms with Crippen LogP contribution in [0.2, 0.25) is 0 Å². The van der Waals surface area contributed by atoms with E-state index in [0.29, 0.717) is 13.1 Å². The van der Waals surface area contributed by atoms with Gasteiger partial charge in [0.05, 0.1) is 16.3 Å². The summed E-state index contributed by atoms with van der Waals surface area (Å²) in [6.07, 6.45) is 2.76. The summed E-state index contributed by atoms with van der Waals surface area (Å²) in [6.45, 7) is 3.01. The molecule has 0 unspecified atom stereocenters. The number of halogens is 1. The van der Waals surface area contributed by atoms with E-state index >= 15 is 0 Å². The maximum absolute atomic E-state index is 14.0. The summed E-state index contributed by atoms with van der Waals surface area (Å²) in [5.74, 6) is 0.699. The Morgan fingerprint density at radius 1 is 1.28 bits per heavy atom. The molecular formula is C19H19FN6O3. The van der Waals surface area contributed by atoms with E-state index in [1.54, 1.807) is 12.1 Å². The summed E-state index contributed by atoms with van der Waals surface area (Å²) in [5, 5.41) is 18.4. The highest BCUT2D eigenvalue weighted by molar-refractivity contribution is 5.74. The molecular weight excluding hydrogens is 379 g/mol. The van der Waals surface area contributed by atoms with E-state index in [0.717, 1.165) is 24.3 Å². The molecule has 9 nitrogen and oxygen atoms in total. The summed E-state index contributed by atoms with van der Waals surface area (Å²) < 4.78 is 19.3. The third-order valence-corrected chi connectivity index (χ3v) is 4.96. The Balaban J connectivity index is 1.58. The highest BCUT2D eigenvalue weighted by Gasteiger charge is 2.31. The highest BCUT2D eigenvalue weighted by atomic mass is 19.1. The van der Waals surface area contributed by atoms with E-state index < -0.39 is 10.7 Å². The molecule has 1 aliphatic heterocycles. The first-order valence-electron chi connectivity index (χ1n) is 9.22. The molecule has 1 saturated heterocycles. The number of hydrogen-bond acceptors (Lipinski definition) is 8. The SMILES string of the molecule is Cc1cc(C2CCN(c3ncnc(Nc4ccccc4F)c3[N+](=O)[O-])CC2)on1. The number of rotatable bonds is 5. The van der Waals surface area contributed by atoms with Crippen LogP contribution < -0.4 is 10.2 Å². The molecule has 150 valence electrons. The molecule has 1 aromatic carbocycles. The highest BCUT2D eigenvalue weighted by Crippen LogP contribution is 2.37. The summed E-state index contributed by atoms with van der Waals surface area (Å²) in [5.41, 5.74) is 0.669. The van der Waals surface area contributed by atoms with Crippen molar-refractivity contribution >= 4 is 23.0 Å². The molecule has 0 spiro atoms. The predicted octanol–water partition coefficient (Wildman–Crippen LogP) is 3.95. The number of para-hydroxylation sites is 1. The van der Waals surface area contributed by atoms with Crippen molar-refractivity contribution in [2.45, 2.75) is 25.7 Å². The molecule has 1 N–H and O–H groups in total. The van der Waals surface area contributed by atoms with E-state index in [4.69, 9.17) is 4.52 Å². The molecule has 4 rings (SSSR count). The predicted molar refractivity (Wildman–Crippen MR) is 104 cm³/mol. The number of anilines is 3. The van der Waals surface area contributed by atoms with Crippen LogP contribution >= 0.6 is 0 Å². The number of piperidine rings is 1. The lowest BCUT2D eigenvalue weighted by Gasteiger charge is -2.31. The van der Waals surface area contributed by atoms with Crippen LogP contribution in [0.3, 0.4) is 0 Å². The fourth-order valence-electron chi connectivity index (χ4n) is 3.50. The Labute approximate surface area is 165 Å². The van der Waals surface area contributed by atoms with Crippen molar-refractivity contribution in [3.63, 3.8) is 0 Å². The van der Waals surface area contributed by atoms with Gasteiger partial charge in [-0.3, -0.25) is 10.1 Å². The van der Waals surface area contributed by atoms with Gasteiger partial charge in [-0.1, -0.05) is 17.3 Å². The Kier molecular flexibility index (Phi) is 5.07. The Morgan fingerprint density at radius 2 is 2.03 bits per heavy atom. The van der Waals surface area contributed by atoms with Gasteiger partial charge in [-0.05, 0) is 31.9 Å². The third kappa shape index (κ3) is 3.86. The molecule has 1 aliphatic rings. The Morgan fingerprint density at radius 3 is 2.69 bits per heavy atom. The monoisotopic (exact) mass is 398 g/mol. The van der Waals surface area contributed by atoms with Gasteiger partial charge in [0.25, 0.3) is 0 Å². The Hall–Kier alpha value is -3.56. The van der Waals surface area contributed by atoms with Crippen molar-refractivity contribution in [2.24, 2.45) is 0 Å². The first-order chi connectivity index (χ1) is 14.0. The fraction of sp³-hybridized carbons (Fsp3) is 0.316. The molecule has 0 radical (unpaired) electrons. The molecule has 29 heavy (non-hydrogen) atoms. The molecule has 0 atom stereocenters. The van der Waals surface area contributed by atoms with Gasteiger partial charge in [-0.15, -0.1) is 0 Å². The van der Waals surface area contributed by atoms with Crippen molar-refractivity contribution in [3.8, 4) is 0 Å². The normalized spacial score (nSPS) is 14.8. The van der Waals surface area contributed by atoms with Gasteiger partial charge in [0, 0.05) is 25.1 Å². The molecule has 0 saturated carbocycles. The Bertz CT molecular complexity index is 1030. The molecule has 0 bridgehead atoms. The van der Waals surface area contributed by atoms with Crippen LogP contribution in [0.5, 0.6) is 0 Å². The number of nitrogens with one attached hydrogen (secondary N) is 1. The molecule has 0 aliphatic carbocycles. The van der Waals surface area contributed by atoms with Crippen molar-refractivity contribution in [1.29, 1.82) is 0 Å². The lowest BCUT2D eigenvalue weighted by Crippen LogP contribution is -2.34. The van der Waals surface area contributed by atoms with Crippen LogP contribution in [0.15, 0.2) is 41.2 Å². The van der Waals surface area contributed by atoms with Gasteiger partial charge < -0.3 is 14.7 Å². The van der Waals surface area contributed by atoms with E-state index in [2.05, 4.69) is 20.4 Å². The maximum atomic E-state index is 14.0. The van der Waals surface area contributed by atoms with E-state index in [9.17, 15) is 14.5 Å². The standard InChI is InChI=1S/C19H19FN6O3/c1-12-10-16(29-24-12)13-6-8-25(9-7-13)19-17(26(27)28)18(21-11-22-19)23-15-5-3-2-4-14(15)20/h2-5,10-11,13H,6-9H2,1H3,(H,21,22,23). The average molecular weight is 398 g/mol. The largest absolute Gasteiger partial charge is 0.361 e. The quantitative estimate of drug-likeness (QED) is 0.508. The first-order valence-corrected chi connectivity index (χ1v) is 9.22. The summed E-state index contributed by atoms with van der Waals surface area (Å²) >= 11 is 0. The van der Waals surface area contributed by atoms with Crippen LogP contribution in [0.4, 0.5) is 27.4 Å². The minimum Gasteiger partial charge on any atom is -0.361 e. The lowest BCUT2D eigenvalue weighted by molar-refractivity contribution is -0.383. The summed E-state index contributed by atoms with van der Waals surface area (Å²) in [7, 11) is 0. The molecule has 2 aromatic heterocycles. The van der Waals surface area contributed by atoms with Crippen LogP contribution in [0.1, 0.15) is 30.2 Å². The molecule has 3 aromatic rings. The van der Waals surface area contributed by atoms with Crippen molar-refractivity contribution in [2.75, 3.05) is 23.3 Å². The first kappa shape index (κ1) is 18.8. The van der Waals surface area contributed by atoms with Gasteiger partial charge in [-0.25, -0.2) is 14.4 Å². The molecule has 1 fully saturated rings. The summed E-state index contributed by atoms with van der Waals surface area (Å²) in [6, 6.07) is 7.86. The number of nitro groups is 1. The van der Waals surface area contributed by atoms with Gasteiger partial charge in [0.2, 0.25) is 11.6 Å². The minimum atomic E-state index is -0.537. The summed E-state index contributed by atoms with van der Waals surface area (Å²) in [4.78, 5) is 21.2. The minimum absolute atomic E-state index is 0.0434. The maximum Gasteiger partial charge on any atom is 0.353 e. The number of aryl methyl sites for hydroxylation is 1. The van der Waals surface area contributed by atoms with E-state index in [1.807, 2.05) is 17.9 Å². The van der Waals surface area contributed by atoms with Crippen LogP contribution in [-0.4, -0.2) is 33.1 Å². The van der Waals surface area contributed by atoms with Crippen molar-refractivity contribution < 1.29 is 13.8 Å². The van der Waals surface area contributed by atoms with Crippen LogP contribution in [0, 0.1) is 22.9 Å². The second-order valence-corrected chi connectivity index (χ2v) is 6.89. The van der Waals surface area contributed by atoms with E-state index in [1.165, 1.54) is 18.5 Å². The smallest absolute Gasteiger partial charge is 0.353 e. The second kappa shape index (κ2) is 7.82. The molecule has 0 amide bonds. The second-order valence-electron chi connectivity index (χ2n) is 6.89. The fourth-order valence-corrected chi connectivity index (χ4v) is 3.50. The third-order valence-electron chi connectivity index (χ3n) is 4.96. The van der Waals surface area contributed by atoms with Gasteiger partial charge in [-0.2, -0.15) is 0 Å². The molecule has 10 heteroatoms. The zero-order chi connectivity index (χ0) is 20.4. The molecule has 3 heterocycles. The number of aromatic nitrogens is 3. The van der Waals surface area contributed by atoms with Crippen LogP contribution in [0.25, 0.3) is 0 Å². The van der Waals surface area contributed by atoms with Crippen LogP contribution in [-0.2, 0) is 0 Å². The van der Waals surface area contributed by atoms with Gasteiger partial charge >= 0.3 is 5.69 Å². The van der Waals surface area contributed by atoms with Crippen molar-refractivity contribution in [3.05, 3.63) is 64.0 Å². The number of benzene rings is 1.